The Morgan fingerprint density at radius 2 is 2.38 bits per heavy atom. The van der Waals surface area contributed by atoms with Gasteiger partial charge in [-0.3, -0.25) is 0 Å². The zero-order chi connectivity index (χ0) is 9.26. The molecule has 2 aliphatic heterocycles. The van der Waals surface area contributed by atoms with E-state index < -0.39 is 0 Å². The van der Waals surface area contributed by atoms with Crippen LogP contribution >= 0.6 is 0 Å². The van der Waals surface area contributed by atoms with Gasteiger partial charge in [-0.15, -0.1) is 0 Å². The first-order chi connectivity index (χ1) is 6.31. The molecule has 2 rings (SSSR count). The quantitative estimate of drug-likeness (QED) is 0.646. The zero-order valence-corrected chi connectivity index (χ0v) is 7.88. The Labute approximate surface area is 78.9 Å². The molecular weight excluding hydrogens is 160 g/mol. The first-order valence-electron chi connectivity index (χ1n) is 4.49. The van der Waals surface area contributed by atoms with Crippen molar-refractivity contribution < 1.29 is 0 Å². The SMILES string of the molecule is C=CC1=CN(C)C=CC2=C1CNC2. The zero-order valence-electron chi connectivity index (χ0n) is 7.88. The van der Waals surface area contributed by atoms with Gasteiger partial charge >= 0.3 is 0 Å². The summed E-state index contributed by atoms with van der Waals surface area (Å²) in [7, 11) is 2.04. The van der Waals surface area contributed by atoms with Crippen LogP contribution in [0.1, 0.15) is 0 Å². The van der Waals surface area contributed by atoms with E-state index in [4.69, 9.17) is 0 Å². The number of rotatable bonds is 1. The fraction of sp³-hybridized carbons (Fsp3) is 0.273. The highest BCUT2D eigenvalue weighted by Gasteiger charge is 2.15. The minimum atomic E-state index is 0.964. The monoisotopic (exact) mass is 174 g/mol. The van der Waals surface area contributed by atoms with Crippen LogP contribution in [0.3, 0.4) is 0 Å². The lowest BCUT2D eigenvalue weighted by Gasteiger charge is -2.08. The van der Waals surface area contributed by atoms with Gasteiger partial charge in [0.05, 0.1) is 0 Å². The van der Waals surface area contributed by atoms with E-state index >= 15 is 0 Å². The lowest BCUT2D eigenvalue weighted by atomic mass is 10.0. The molecule has 0 atom stereocenters. The van der Waals surface area contributed by atoms with Gasteiger partial charge in [-0.1, -0.05) is 12.7 Å². The van der Waals surface area contributed by atoms with Crippen molar-refractivity contribution in [1.29, 1.82) is 0 Å². The highest BCUT2D eigenvalue weighted by atomic mass is 15.1. The maximum atomic E-state index is 3.84. The molecule has 0 spiro atoms. The van der Waals surface area contributed by atoms with Gasteiger partial charge in [0.1, 0.15) is 0 Å². The van der Waals surface area contributed by atoms with Crippen LogP contribution < -0.4 is 5.32 Å². The highest BCUT2D eigenvalue weighted by molar-refractivity contribution is 5.50. The van der Waals surface area contributed by atoms with Crippen LogP contribution in [0.15, 0.2) is 47.9 Å². The van der Waals surface area contributed by atoms with Crippen LogP contribution in [0, 0.1) is 0 Å². The highest BCUT2D eigenvalue weighted by Crippen LogP contribution is 2.23. The Morgan fingerprint density at radius 1 is 1.54 bits per heavy atom. The summed E-state index contributed by atoms with van der Waals surface area (Å²) in [6, 6.07) is 0. The third kappa shape index (κ3) is 1.45. The molecule has 2 heterocycles. The van der Waals surface area contributed by atoms with E-state index in [2.05, 4.69) is 35.3 Å². The van der Waals surface area contributed by atoms with Crippen LogP contribution in [0.25, 0.3) is 0 Å². The van der Waals surface area contributed by atoms with Gasteiger partial charge in [-0.05, 0) is 22.8 Å². The normalized spacial score (nSPS) is 21.3. The lowest BCUT2D eigenvalue weighted by molar-refractivity contribution is 0.622. The van der Waals surface area contributed by atoms with Crippen LogP contribution in [0.5, 0.6) is 0 Å². The van der Waals surface area contributed by atoms with E-state index in [1.54, 1.807) is 0 Å². The van der Waals surface area contributed by atoms with E-state index in [1.165, 1.54) is 16.7 Å². The number of hydrogen-bond acceptors (Lipinski definition) is 2. The second kappa shape index (κ2) is 3.23. The van der Waals surface area contributed by atoms with Crippen molar-refractivity contribution in [3.8, 4) is 0 Å². The minimum Gasteiger partial charge on any atom is -0.357 e. The van der Waals surface area contributed by atoms with Crippen molar-refractivity contribution in [1.82, 2.24) is 10.2 Å². The summed E-state index contributed by atoms with van der Waals surface area (Å²) in [5.74, 6) is 0. The molecule has 0 unspecified atom stereocenters. The summed E-state index contributed by atoms with van der Waals surface area (Å²) in [5.41, 5.74) is 4.00. The molecule has 0 bridgehead atoms. The van der Waals surface area contributed by atoms with Crippen LogP contribution in [-0.4, -0.2) is 25.0 Å². The molecule has 2 aliphatic rings. The summed E-state index contributed by atoms with van der Waals surface area (Å²) in [6.07, 6.45) is 8.28. The van der Waals surface area contributed by atoms with Crippen LogP contribution in [-0.2, 0) is 0 Å². The van der Waals surface area contributed by atoms with E-state index in [0.717, 1.165) is 13.1 Å². The molecule has 0 aliphatic carbocycles. The first kappa shape index (κ1) is 8.32. The van der Waals surface area contributed by atoms with Gasteiger partial charge in [-0.2, -0.15) is 0 Å². The number of nitrogens with zero attached hydrogens (tertiary/aromatic N) is 1. The van der Waals surface area contributed by atoms with Crippen molar-refractivity contribution in [2.24, 2.45) is 0 Å². The predicted molar refractivity (Wildman–Crippen MR) is 55.1 cm³/mol. The van der Waals surface area contributed by atoms with E-state index in [0.29, 0.717) is 0 Å². The van der Waals surface area contributed by atoms with E-state index in [-0.39, 0.29) is 0 Å². The van der Waals surface area contributed by atoms with Crippen molar-refractivity contribution in [2.75, 3.05) is 20.1 Å². The van der Waals surface area contributed by atoms with Gasteiger partial charge in [0.15, 0.2) is 0 Å². The van der Waals surface area contributed by atoms with Crippen molar-refractivity contribution >= 4 is 0 Å². The third-order valence-electron chi connectivity index (χ3n) is 2.43. The van der Waals surface area contributed by atoms with E-state index in [9.17, 15) is 0 Å². The molecule has 0 amide bonds. The Morgan fingerprint density at radius 3 is 3.15 bits per heavy atom. The minimum absolute atomic E-state index is 0.964. The van der Waals surface area contributed by atoms with Crippen LogP contribution in [0.2, 0.25) is 0 Å². The third-order valence-corrected chi connectivity index (χ3v) is 2.43. The van der Waals surface area contributed by atoms with Gasteiger partial charge < -0.3 is 10.2 Å². The maximum absolute atomic E-state index is 3.84. The first-order valence-corrected chi connectivity index (χ1v) is 4.49. The fourth-order valence-electron chi connectivity index (χ4n) is 1.71. The summed E-state index contributed by atoms with van der Waals surface area (Å²) >= 11 is 0. The molecule has 2 nitrogen and oxygen atoms in total. The molecule has 1 N–H and O–H groups in total. The summed E-state index contributed by atoms with van der Waals surface area (Å²) in [4.78, 5) is 2.06. The Kier molecular flexibility index (Phi) is 2.07. The largest absolute Gasteiger partial charge is 0.357 e. The van der Waals surface area contributed by atoms with Gasteiger partial charge in [-0.25, -0.2) is 0 Å². The summed E-state index contributed by atoms with van der Waals surface area (Å²) < 4.78 is 0. The molecule has 0 aromatic carbocycles. The van der Waals surface area contributed by atoms with Gasteiger partial charge in [0.2, 0.25) is 0 Å². The Balaban J connectivity index is 2.43. The van der Waals surface area contributed by atoms with Gasteiger partial charge in [0.25, 0.3) is 0 Å². The fourth-order valence-corrected chi connectivity index (χ4v) is 1.71. The summed E-state index contributed by atoms with van der Waals surface area (Å²) in [6.45, 7) is 5.78. The average Bonchev–Trinajstić information content (AvgIpc) is 2.53. The topological polar surface area (TPSA) is 15.3 Å². The number of hydrogen-bond donors (Lipinski definition) is 1. The molecule has 0 saturated carbocycles. The molecule has 0 saturated heterocycles. The molecule has 2 heteroatoms. The second-order valence-electron chi connectivity index (χ2n) is 3.38. The Hall–Kier alpha value is -1.28. The average molecular weight is 174 g/mol. The van der Waals surface area contributed by atoms with Crippen LogP contribution in [0.4, 0.5) is 0 Å². The number of nitrogens with one attached hydrogen (secondary N) is 1. The summed E-state index contributed by atoms with van der Waals surface area (Å²) in [5, 5.41) is 3.34. The molecule has 0 aromatic heterocycles. The number of allylic oxidation sites excluding steroid dienone is 1. The molecule has 0 radical (unpaired) electrons. The molecule has 0 fully saturated rings. The smallest absolute Gasteiger partial charge is 0.0218 e. The molecule has 68 valence electrons. The van der Waals surface area contributed by atoms with Gasteiger partial charge in [0, 0.05) is 32.5 Å². The second-order valence-corrected chi connectivity index (χ2v) is 3.38. The molecule has 0 aromatic rings. The lowest BCUT2D eigenvalue weighted by Crippen LogP contribution is -2.10. The standard InChI is InChI=1S/C11H14N2/c1-3-9-8-13(2)5-4-10-6-12-7-11(9)10/h3-5,8,12H,1,6-7H2,2H3. The predicted octanol–water partition coefficient (Wildman–Crippen LogP) is 1.42. The van der Waals surface area contributed by atoms with E-state index in [1.807, 2.05) is 13.1 Å². The van der Waals surface area contributed by atoms with Crippen molar-refractivity contribution in [3.05, 3.63) is 47.9 Å². The van der Waals surface area contributed by atoms with Crippen molar-refractivity contribution in [2.45, 2.75) is 0 Å². The molecule has 13 heavy (non-hydrogen) atoms. The Bertz CT molecular complexity index is 321. The van der Waals surface area contributed by atoms with Crippen molar-refractivity contribution in [3.63, 3.8) is 0 Å². The maximum Gasteiger partial charge on any atom is 0.0218 e. The molecular formula is C11H14N2.